The summed E-state index contributed by atoms with van der Waals surface area (Å²) in [6, 6.07) is 30.6. The molecular weight excluding hydrogens is 653 g/mol. The highest BCUT2D eigenvalue weighted by molar-refractivity contribution is 7.07. The predicted molar refractivity (Wildman–Crippen MR) is 192 cm³/mol. The number of thiazole rings is 1. The second-order valence-corrected chi connectivity index (χ2v) is 12.3. The molecule has 6 aromatic rings. The number of rotatable bonds is 9. The molecule has 0 saturated carbocycles. The zero-order valence-electron chi connectivity index (χ0n) is 27.5. The van der Waals surface area contributed by atoms with Gasteiger partial charge in [0.25, 0.3) is 5.56 Å². The second-order valence-electron chi connectivity index (χ2n) is 11.3. The minimum atomic E-state index is -0.922. The van der Waals surface area contributed by atoms with Crippen molar-refractivity contribution in [2.45, 2.75) is 19.9 Å². The van der Waals surface area contributed by atoms with Crippen LogP contribution in [0, 0.1) is 0 Å². The minimum absolute atomic E-state index is 0.139. The van der Waals surface area contributed by atoms with E-state index < -0.39 is 18.0 Å². The third-order valence-electron chi connectivity index (χ3n) is 8.38. The number of fused-ring (bicyclic) bond motifs is 2. The van der Waals surface area contributed by atoms with E-state index in [4.69, 9.17) is 23.6 Å². The van der Waals surface area contributed by atoms with E-state index in [0.717, 1.165) is 16.3 Å². The number of furan rings is 1. The van der Waals surface area contributed by atoms with Crippen LogP contribution in [0.3, 0.4) is 0 Å². The lowest BCUT2D eigenvalue weighted by molar-refractivity contribution is -0.138. The molecule has 0 bridgehead atoms. The predicted octanol–water partition coefficient (Wildman–Crippen LogP) is 6.53. The monoisotopic (exact) mass is 684 g/mol. The lowest BCUT2D eigenvalue weighted by Crippen LogP contribution is -2.40. The quantitative estimate of drug-likeness (QED) is 0.159. The van der Waals surface area contributed by atoms with E-state index >= 15 is 0 Å². The van der Waals surface area contributed by atoms with Crippen LogP contribution in [0.1, 0.15) is 47.1 Å². The number of ether oxygens (including phenoxy) is 3. The smallest absolute Gasteiger partial charge is 0.338 e. The Morgan fingerprint density at radius 3 is 2.30 bits per heavy atom. The van der Waals surface area contributed by atoms with Gasteiger partial charge in [-0.3, -0.25) is 9.36 Å². The summed E-state index contributed by atoms with van der Waals surface area (Å²) in [4.78, 5) is 46.0. The SMILES string of the molecule is CCOC(=O)C1=C(c2ccccc2)N=c2sc(=Cc3ccc(-c4ccc(C(=O)OCC)cc4)o3)c(=O)n2[C@@H]1c1c(OC)ccc2ccccc12. The van der Waals surface area contributed by atoms with Gasteiger partial charge >= 0.3 is 11.9 Å². The zero-order chi connectivity index (χ0) is 34.8. The molecule has 0 radical (unpaired) electrons. The number of nitrogens with zero attached hydrogens (tertiary/aromatic N) is 2. The number of hydrogen-bond acceptors (Lipinski definition) is 9. The van der Waals surface area contributed by atoms with Gasteiger partial charge in [-0.05, 0) is 55.0 Å². The Bertz CT molecular complexity index is 2460. The Morgan fingerprint density at radius 1 is 0.840 bits per heavy atom. The van der Waals surface area contributed by atoms with Crippen LogP contribution in [-0.2, 0) is 14.3 Å². The fourth-order valence-electron chi connectivity index (χ4n) is 6.15. The summed E-state index contributed by atoms with van der Waals surface area (Å²) < 4.78 is 24.7. The van der Waals surface area contributed by atoms with Gasteiger partial charge in [-0.15, -0.1) is 0 Å². The molecule has 1 aliphatic rings. The summed E-state index contributed by atoms with van der Waals surface area (Å²) in [6.07, 6.45) is 1.67. The average Bonchev–Trinajstić information content (AvgIpc) is 3.74. The number of hydrogen-bond donors (Lipinski definition) is 0. The lowest BCUT2D eigenvalue weighted by Gasteiger charge is -2.28. The molecular formula is C40H32N2O7S. The third kappa shape index (κ3) is 5.94. The molecule has 50 heavy (non-hydrogen) atoms. The molecule has 1 aliphatic heterocycles. The summed E-state index contributed by atoms with van der Waals surface area (Å²) >= 11 is 1.20. The van der Waals surface area contributed by atoms with Crippen LogP contribution in [-0.4, -0.2) is 36.8 Å². The van der Waals surface area contributed by atoms with Gasteiger partial charge in [-0.1, -0.05) is 84.1 Å². The standard InChI is InChI=1S/C40H32N2O7S/c1-4-47-38(44)27-17-15-25(16-18-27)30-22-20-28(49-30)23-32-37(43)42-36(33-29-14-10-9-11-24(29)19-21-31(33)46-3)34(39(45)48-5-2)35(41-40(42)50-32)26-12-7-6-8-13-26/h6-23,36H,4-5H2,1-3H3/t36-/m1/s1. The summed E-state index contributed by atoms with van der Waals surface area (Å²) in [6.45, 7) is 3.94. The molecule has 1 atom stereocenters. The first kappa shape index (κ1) is 32.5. The Hall–Kier alpha value is -6.00. The Morgan fingerprint density at radius 2 is 1.56 bits per heavy atom. The first-order valence-corrected chi connectivity index (χ1v) is 16.9. The Kier molecular flexibility index (Phi) is 9.02. The van der Waals surface area contributed by atoms with Gasteiger partial charge in [0.1, 0.15) is 23.3 Å². The highest BCUT2D eigenvalue weighted by Gasteiger charge is 2.37. The van der Waals surface area contributed by atoms with Crippen molar-refractivity contribution in [3.63, 3.8) is 0 Å². The molecule has 0 spiro atoms. The fourth-order valence-corrected chi connectivity index (χ4v) is 7.13. The topological polar surface area (TPSA) is 109 Å². The fraction of sp³-hybridized carbons (Fsp3) is 0.150. The number of carbonyl (C=O) groups is 2. The van der Waals surface area contributed by atoms with Crippen LogP contribution in [0.2, 0.25) is 0 Å². The number of esters is 2. The largest absolute Gasteiger partial charge is 0.496 e. The van der Waals surface area contributed by atoms with Crippen molar-refractivity contribution < 1.29 is 28.2 Å². The van der Waals surface area contributed by atoms with E-state index in [0.29, 0.717) is 55.6 Å². The summed E-state index contributed by atoms with van der Waals surface area (Å²) in [7, 11) is 1.57. The molecule has 0 aliphatic carbocycles. The number of carbonyl (C=O) groups excluding carboxylic acids is 2. The van der Waals surface area contributed by atoms with Gasteiger partial charge in [0.2, 0.25) is 0 Å². The van der Waals surface area contributed by atoms with E-state index in [1.807, 2.05) is 66.7 Å². The Balaban J connectivity index is 1.43. The van der Waals surface area contributed by atoms with Gasteiger partial charge in [-0.25, -0.2) is 14.6 Å². The van der Waals surface area contributed by atoms with E-state index in [1.54, 1.807) is 68.0 Å². The van der Waals surface area contributed by atoms with Crippen LogP contribution in [0.15, 0.2) is 123 Å². The first-order chi connectivity index (χ1) is 24.4. The molecule has 3 heterocycles. The van der Waals surface area contributed by atoms with E-state index in [-0.39, 0.29) is 17.7 Å². The maximum atomic E-state index is 14.5. The van der Waals surface area contributed by atoms with Gasteiger partial charge in [0, 0.05) is 22.8 Å². The van der Waals surface area contributed by atoms with E-state index in [9.17, 15) is 14.4 Å². The first-order valence-electron chi connectivity index (χ1n) is 16.1. The maximum absolute atomic E-state index is 14.5. The van der Waals surface area contributed by atoms with E-state index in [1.165, 1.54) is 11.3 Å². The summed E-state index contributed by atoms with van der Waals surface area (Å²) in [5, 5.41) is 1.75. The molecule has 0 N–H and O–H groups in total. The molecule has 10 heteroatoms. The van der Waals surface area contributed by atoms with Crippen LogP contribution >= 0.6 is 11.3 Å². The highest BCUT2D eigenvalue weighted by Crippen LogP contribution is 2.42. The van der Waals surface area contributed by atoms with Gasteiger partial charge < -0.3 is 18.6 Å². The van der Waals surface area contributed by atoms with Crippen molar-refractivity contribution in [3.8, 4) is 17.1 Å². The van der Waals surface area contributed by atoms with Crippen LogP contribution in [0.4, 0.5) is 0 Å². The summed E-state index contributed by atoms with van der Waals surface area (Å²) in [5.74, 6) is 0.564. The average molecular weight is 685 g/mol. The number of aromatic nitrogens is 1. The molecule has 0 amide bonds. The van der Waals surface area contributed by atoms with Gasteiger partial charge in [0.15, 0.2) is 4.80 Å². The number of methoxy groups -OCH3 is 1. The van der Waals surface area contributed by atoms with E-state index in [2.05, 4.69) is 0 Å². The molecule has 0 fully saturated rings. The number of benzene rings is 4. The second kappa shape index (κ2) is 13.9. The molecule has 0 unspecified atom stereocenters. The normalized spacial score (nSPS) is 14.3. The highest BCUT2D eigenvalue weighted by atomic mass is 32.1. The minimum Gasteiger partial charge on any atom is -0.496 e. The Labute approximate surface area is 291 Å². The zero-order valence-corrected chi connectivity index (χ0v) is 28.4. The van der Waals surface area contributed by atoms with Crippen molar-refractivity contribution in [1.29, 1.82) is 0 Å². The van der Waals surface area contributed by atoms with Crippen molar-refractivity contribution in [2.75, 3.05) is 20.3 Å². The van der Waals surface area contributed by atoms with Gasteiger partial charge in [0.05, 0.1) is 41.7 Å². The van der Waals surface area contributed by atoms with Crippen molar-refractivity contribution in [2.24, 2.45) is 4.99 Å². The van der Waals surface area contributed by atoms with Crippen molar-refractivity contribution in [1.82, 2.24) is 4.57 Å². The molecule has 7 rings (SSSR count). The lowest BCUT2D eigenvalue weighted by atomic mass is 9.89. The molecule has 4 aromatic carbocycles. The van der Waals surface area contributed by atoms with Crippen molar-refractivity contribution in [3.05, 3.63) is 151 Å². The van der Waals surface area contributed by atoms with Crippen LogP contribution < -0.4 is 19.6 Å². The molecule has 9 nitrogen and oxygen atoms in total. The molecule has 0 saturated heterocycles. The summed E-state index contributed by atoms with van der Waals surface area (Å²) in [5.41, 5.74) is 2.87. The van der Waals surface area contributed by atoms with Crippen molar-refractivity contribution >= 4 is 45.8 Å². The molecule has 250 valence electrons. The van der Waals surface area contributed by atoms with Crippen LogP contribution in [0.5, 0.6) is 5.75 Å². The molecule has 2 aromatic heterocycles. The van der Waals surface area contributed by atoms with Gasteiger partial charge in [-0.2, -0.15) is 0 Å². The third-order valence-corrected chi connectivity index (χ3v) is 9.36. The van der Waals surface area contributed by atoms with Crippen LogP contribution in [0.25, 0.3) is 33.9 Å². The maximum Gasteiger partial charge on any atom is 0.338 e.